The highest BCUT2D eigenvalue weighted by molar-refractivity contribution is 7.89. The van der Waals surface area contributed by atoms with Gasteiger partial charge in [0.25, 0.3) is 0 Å². The van der Waals surface area contributed by atoms with Crippen LogP contribution in [0.2, 0.25) is 0 Å². The zero-order chi connectivity index (χ0) is 20.3. The molecule has 8 nitrogen and oxygen atoms in total. The van der Waals surface area contributed by atoms with E-state index in [1.807, 2.05) is 31.4 Å². The van der Waals surface area contributed by atoms with E-state index in [2.05, 4.69) is 10.3 Å². The number of carbonyl (C=O) groups is 1. The average molecular weight is 428 g/mol. The van der Waals surface area contributed by atoms with Crippen LogP contribution in [0.4, 0.5) is 0 Å². The second kappa shape index (κ2) is 8.73. The smallest absolute Gasteiger partial charge is 0.236 e. The van der Waals surface area contributed by atoms with Gasteiger partial charge in [-0.15, -0.1) is 11.3 Å². The fourth-order valence-electron chi connectivity index (χ4n) is 3.12. The maximum atomic E-state index is 12.5. The lowest BCUT2D eigenvalue weighted by Gasteiger charge is -2.34. The highest BCUT2D eigenvalue weighted by atomic mass is 32.2. The van der Waals surface area contributed by atoms with Crippen LogP contribution in [-0.4, -0.2) is 61.2 Å². The van der Waals surface area contributed by atoms with Gasteiger partial charge in [-0.2, -0.15) is 4.31 Å². The number of hydrogen-bond acceptors (Lipinski definition) is 7. The van der Waals surface area contributed by atoms with Gasteiger partial charge in [0.2, 0.25) is 21.8 Å². The summed E-state index contributed by atoms with van der Waals surface area (Å²) in [7, 11) is -3.45. The summed E-state index contributed by atoms with van der Waals surface area (Å²) in [6.07, 6.45) is -0.228. The van der Waals surface area contributed by atoms with Crippen LogP contribution in [0, 0.1) is 6.92 Å². The van der Waals surface area contributed by atoms with Gasteiger partial charge in [-0.25, -0.2) is 13.4 Å². The van der Waals surface area contributed by atoms with Crippen molar-refractivity contribution in [1.82, 2.24) is 14.6 Å². The van der Waals surface area contributed by atoms with E-state index in [0.717, 1.165) is 4.88 Å². The van der Waals surface area contributed by atoms with Gasteiger partial charge < -0.3 is 14.5 Å². The number of rotatable bonds is 7. The molecule has 0 spiro atoms. The van der Waals surface area contributed by atoms with Gasteiger partial charge >= 0.3 is 0 Å². The fraction of sp³-hybridized carbons (Fsp3) is 0.556. The molecule has 2 atom stereocenters. The van der Waals surface area contributed by atoms with Crippen LogP contribution in [-0.2, 0) is 26.0 Å². The van der Waals surface area contributed by atoms with Crippen LogP contribution in [0.15, 0.2) is 21.9 Å². The molecule has 2 aromatic rings. The van der Waals surface area contributed by atoms with Gasteiger partial charge in [0.15, 0.2) is 0 Å². The van der Waals surface area contributed by atoms with E-state index in [1.165, 1.54) is 15.6 Å². The zero-order valence-electron chi connectivity index (χ0n) is 16.2. The molecule has 3 heterocycles. The van der Waals surface area contributed by atoms with Crippen molar-refractivity contribution in [2.24, 2.45) is 0 Å². The van der Waals surface area contributed by atoms with Crippen LogP contribution < -0.4 is 5.32 Å². The van der Waals surface area contributed by atoms with Gasteiger partial charge in [-0.05, 0) is 32.2 Å². The lowest BCUT2D eigenvalue weighted by molar-refractivity contribution is -0.120. The van der Waals surface area contributed by atoms with E-state index in [4.69, 9.17) is 9.15 Å². The quantitative estimate of drug-likeness (QED) is 0.723. The molecule has 1 N–H and O–H groups in total. The fourth-order valence-corrected chi connectivity index (χ4v) is 5.26. The molecule has 1 saturated heterocycles. The molecule has 0 saturated carbocycles. The monoisotopic (exact) mass is 427 g/mol. The Hall–Kier alpha value is -1.75. The summed E-state index contributed by atoms with van der Waals surface area (Å²) in [5, 5.41) is 4.59. The number of aryl methyl sites for hydroxylation is 1. The molecule has 0 radical (unpaired) electrons. The molecule has 10 heteroatoms. The first-order valence-corrected chi connectivity index (χ1v) is 11.6. The zero-order valence-corrected chi connectivity index (χ0v) is 17.8. The van der Waals surface area contributed by atoms with E-state index >= 15 is 0 Å². The lowest BCUT2D eigenvalue weighted by Crippen LogP contribution is -2.49. The minimum atomic E-state index is -3.45. The Morgan fingerprint density at radius 1 is 1.36 bits per heavy atom. The number of ether oxygens (including phenoxy) is 1. The standard InChI is InChI=1S/C18H25N3O5S2/c1-12-10-21(11-13(2)25-12)28(23,24)8-6-19-17(22)9-15-14(3)26-18(20-15)16-5-4-7-27-16/h4-5,7,12-13H,6,8-11H2,1-3H3,(H,19,22)/t12-,13-/m1/s1. The molecule has 1 aliphatic rings. The van der Waals surface area contributed by atoms with Gasteiger partial charge in [-0.3, -0.25) is 4.79 Å². The third-order valence-corrected chi connectivity index (χ3v) is 7.08. The summed E-state index contributed by atoms with van der Waals surface area (Å²) in [5.41, 5.74) is 0.555. The molecule has 3 rings (SSSR count). The van der Waals surface area contributed by atoms with Crippen LogP contribution in [0.5, 0.6) is 0 Å². The van der Waals surface area contributed by atoms with Crippen LogP contribution in [0.3, 0.4) is 0 Å². The van der Waals surface area contributed by atoms with E-state index in [9.17, 15) is 13.2 Å². The lowest BCUT2D eigenvalue weighted by atomic mass is 10.2. The van der Waals surface area contributed by atoms with Crippen molar-refractivity contribution < 1.29 is 22.4 Å². The van der Waals surface area contributed by atoms with Crippen LogP contribution in [0.25, 0.3) is 10.8 Å². The summed E-state index contributed by atoms with van der Waals surface area (Å²) in [6.45, 7) is 6.19. The average Bonchev–Trinajstić information content (AvgIpc) is 3.24. The third kappa shape index (κ3) is 5.19. The van der Waals surface area contributed by atoms with Crippen molar-refractivity contribution in [2.75, 3.05) is 25.4 Å². The number of carbonyl (C=O) groups excluding carboxylic acids is 1. The molecule has 154 valence electrons. The molecule has 1 aliphatic heterocycles. The highest BCUT2D eigenvalue weighted by Gasteiger charge is 2.30. The Morgan fingerprint density at radius 2 is 2.07 bits per heavy atom. The first-order valence-electron chi connectivity index (χ1n) is 9.15. The largest absolute Gasteiger partial charge is 0.440 e. The second-order valence-corrected chi connectivity index (χ2v) is 9.95. The Labute approximate surface area is 168 Å². The number of nitrogens with zero attached hydrogens (tertiary/aromatic N) is 2. The van der Waals surface area contributed by atoms with E-state index in [-0.39, 0.29) is 36.8 Å². The number of thiophene rings is 1. The number of oxazole rings is 1. The number of aromatic nitrogens is 1. The van der Waals surface area contributed by atoms with E-state index in [1.54, 1.807) is 6.92 Å². The Morgan fingerprint density at radius 3 is 2.71 bits per heavy atom. The van der Waals surface area contributed by atoms with Crippen molar-refractivity contribution in [2.45, 2.75) is 39.4 Å². The number of nitrogens with one attached hydrogen (secondary N) is 1. The molecule has 0 aliphatic carbocycles. The summed E-state index contributed by atoms with van der Waals surface area (Å²) in [4.78, 5) is 17.5. The molecule has 1 amide bonds. The normalized spacial score (nSPS) is 21.0. The minimum absolute atomic E-state index is 0.0480. The summed E-state index contributed by atoms with van der Waals surface area (Å²) < 4.78 is 37.6. The second-order valence-electron chi connectivity index (χ2n) is 6.92. The maximum absolute atomic E-state index is 12.5. The number of amides is 1. The molecular weight excluding hydrogens is 402 g/mol. The van der Waals surface area contributed by atoms with E-state index in [0.29, 0.717) is 30.4 Å². The van der Waals surface area contributed by atoms with Gasteiger partial charge in [0.05, 0.1) is 35.0 Å². The summed E-state index contributed by atoms with van der Waals surface area (Å²) >= 11 is 1.51. The molecule has 0 aromatic carbocycles. The van der Waals surface area contributed by atoms with Gasteiger partial charge in [-0.1, -0.05) is 6.07 Å². The van der Waals surface area contributed by atoms with Gasteiger partial charge in [0, 0.05) is 19.6 Å². The first-order chi connectivity index (χ1) is 13.2. The SMILES string of the molecule is Cc1oc(-c2cccs2)nc1CC(=O)NCCS(=O)(=O)N1C[C@@H](C)O[C@H](C)C1. The van der Waals surface area contributed by atoms with Crippen LogP contribution >= 0.6 is 11.3 Å². The number of hydrogen-bond donors (Lipinski definition) is 1. The molecule has 2 aromatic heterocycles. The van der Waals surface area contributed by atoms with Crippen LogP contribution in [0.1, 0.15) is 25.3 Å². The summed E-state index contributed by atoms with van der Waals surface area (Å²) in [5.74, 6) is 0.653. The summed E-state index contributed by atoms with van der Waals surface area (Å²) in [6, 6.07) is 3.81. The Bertz CT molecular complexity index is 898. The van der Waals surface area contributed by atoms with E-state index < -0.39 is 10.0 Å². The van der Waals surface area contributed by atoms with Crippen molar-refractivity contribution in [3.05, 3.63) is 29.0 Å². The molecular formula is C18H25N3O5S2. The highest BCUT2D eigenvalue weighted by Crippen LogP contribution is 2.26. The van der Waals surface area contributed by atoms with Crippen molar-refractivity contribution in [3.8, 4) is 10.8 Å². The number of morpholine rings is 1. The third-order valence-electron chi connectivity index (χ3n) is 4.41. The molecule has 1 fully saturated rings. The van der Waals surface area contributed by atoms with Gasteiger partial charge in [0.1, 0.15) is 5.76 Å². The molecule has 28 heavy (non-hydrogen) atoms. The maximum Gasteiger partial charge on any atom is 0.236 e. The van der Waals surface area contributed by atoms with Crippen molar-refractivity contribution >= 4 is 27.3 Å². The predicted molar refractivity (Wildman–Crippen MR) is 107 cm³/mol. The first kappa shape index (κ1) is 21.0. The van der Waals surface area contributed by atoms with Crippen molar-refractivity contribution in [1.29, 1.82) is 0 Å². The predicted octanol–water partition coefficient (Wildman–Crippen LogP) is 1.81. The molecule has 0 unspecified atom stereocenters. The van der Waals surface area contributed by atoms with Crippen molar-refractivity contribution in [3.63, 3.8) is 0 Å². The molecule has 0 bridgehead atoms. The Kier molecular flexibility index (Phi) is 6.54. The topological polar surface area (TPSA) is 102 Å². The Balaban J connectivity index is 1.51. The number of sulfonamides is 1. The minimum Gasteiger partial charge on any atom is -0.440 e.